The summed E-state index contributed by atoms with van der Waals surface area (Å²) < 4.78 is 1.31. The number of nitro benzene ring substituents is 1. The van der Waals surface area contributed by atoms with Gasteiger partial charge in [-0.3, -0.25) is 29.1 Å². The molecule has 0 saturated carbocycles. The SMILES string of the molecule is CCC(=O)Nc1ccc(C)cc1-c1nc2ccccc2n(CC(=O)Nc2ccc(C)c([N+](=O)[O-])c2)c1=O. The molecule has 2 amide bonds. The summed E-state index contributed by atoms with van der Waals surface area (Å²) in [4.78, 5) is 54.1. The van der Waals surface area contributed by atoms with Crippen molar-refractivity contribution in [1.82, 2.24) is 9.55 Å². The number of benzene rings is 3. The number of para-hydroxylation sites is 2. The highest BCUT2D eigenvalue weighted by Gasteiger charge is 2.19. The Morgan fingerprint density at radius 3 is 2.49 bits per heavy atom. The van der Waals surface area contributed by atoms with Crippen molar-refractivity contribution in [1.29, 1.82) is 0 Å². The molecule has 0 saturated heterocycles. The molecule has 0 fully saturated rings. The first-order valence-electron chi connectivity index (χ1n) is 11.6. The Morgan fingerprint density at radius 1 is 1.00 bits per heavy atom. The topological polar surface area (TPSA) is 136 Å². The van der Waals surface area contributed by atoms with Gasteiger partial charge in [-0.2, -0.15) is 0 Å². The number of carbonyl (C=O) groups excluding carboxylic acids is 2. The maximum atomic E-state index is 13.7. The average Bonchev–Trinajstić information content (AvgIpc) is 2.87. The smallest absolute Gasteiger partial charge is 0.278 e. The van der Waals surface area contributed by atoms with Crippen molar-refractivity contribution in [2.24, 2.45) is 0 Å². The number of amides is 2. The van der Waals surface area contributed by atoms with E-state index in [1.54, 1.807) is 62.4 Å². The molecule has 10 nitrogen and oxygen atoms in total. The molecule has 10 heteroatoms. The molecule has 0 bridgehead atoms. The minimum Gasteiger partial charge on any atom is -0.325 e. The second-order valence-corrected chi connectivity index (χ2v) is 8.60. The van der Waals surface area contributed by atoms with Crippen LogP contribution in [-0.4, -0.2) is 26.3 Å². The summed E-state index contributed by atoms with van der Waals surface area (Å²) in [6, 6.07) is 16.6. The minimum absolute atomic E-state index is 0.0903. The molecule has 4 aromatic rings. The molecule has 37 heavy (non-hydrogen) atoms. The van der Waals surface area contributed by atoms with Gasteiger partial charge >= 0.3 is 0 Å². The van der Waals surface area contributed by atoms with Crippen LogP contribution in [0.15, 0.2) is 65.5 Å². The number of nitrogens with one attached hydrogen (secondary N) is 2. The van der Waals surface area contributed by atoms with E-state index < -0.39 is 16.4 Å². The molecule has 0 unspecified atom stereocenters. The van der Waals surface area contributed by atoms with Crippen molar-refractivity contribution < 1.29 is 14.5 Å². The van der Waals surface area contributed by atoms with Crippen LogP contribution >= 0.6 is 0 Å². The lowest BCUT2D eigenvalue weighted by molar-refractivity contribution is -0.385. The number of rotatable bonds is 7. The van der Waals surface area contributed by atoms with Gasteiger partial charge in [0.25, 0.3) is 11.2 Å². The van der Waals surface area contributed by atoms with Crippen LogP contribution in [0.2, 0.25) is 0 Å². The predicted molar refractivity (Wildman–Crippen MR) is 142 cm³/mol. The largest absolute Gasteiger partial charge is 0.325 e. The molecule has 0 atom stereocenters. The minimum atomic E-state index is -0.536. The maximum Gasteiger partial charge on any atom is 0.278 e. The van der Waals surface area contributed by atoms with Gasteiger partial charge in [0.05, 0.1) is 21.6 Å². The Bertz CT molecular complexity index is 1610. The first kappa shape index (κ1) is 25.2. The fraction of sp³-hybridized carbons (Fsp3) is 0.185. The van der Waals surface area contributed by atoms with Crippen LogP contribution < -0.4 is 16.2 Å². The number of hydrogen-bond donors (Lipinski definition) is 2. The molecule has 3 aromatic carbocycles. The number of fused-ring (bicyclic) bond motifs is 1. The Kier molecular flexibility index (Phi) is 7.10. The highest BCUT2D eigenvalue weighted by Crippen LogP contribution is 2.28. The molecule has 2 N–H and O–H groups in total. The predicted octanol–water partition coefficient (Wildman–Crippen LogP) is 4.58. The fourth-order valence-corrected chi connectivity index (χ4v) is 3.95. The molecule has 188 valence electrons. The zero-order valence-corrected chi connectivity index (χ0v) is 20.6. The van der Waals surface area contributed by atoms with E-state index in [1.165, 1.54) is 10.6 Å². The van der Waals surface area contributed by atoms with E-state index >= 15 is 0 Å². The van der Waals surface area contributed by atoms with Crippen molar-refractivity contribution in [3.63, 3.8) is 0 Å². The van der Waals surface area contributed by atoms with Gasteiger partial charge in [0.15, 0.2) is 0 Å². The van der Waals surface area contributed by atoms with E-state index in [0.29, 0.717) is 27.8 Å². The second-order valence-electron chi connectivity index (χ2n) is 8.60. The standard InChI is InChI=1S/C27H25N5O5/c1-4-24(33)29-20-12-9-16(2)13-19(20)26-27(35)31(22-8-6-5-7-21(22)30-26)15-25(34)28-18-11-10-17(3)23(14-18)32(36)37/h5-14H,4,15H2,1-3H3,(H,28,34)(H,29,33). The number of anilines is 2. The van der Waals surface area contributed by atoms with Gasteiger partial charge in [-0.15, -0.1) is 0 Å². The monoisotopic (exact) mass is 499 g/mol. The van der Waals surface area contributed by atoms with Crippen LogP contribution in [0, 0.1) is 24.0 Å². The van der Waals surface area contributed by atoms with E-state index in [-0.39, 0.29) is 35.9 Å². The number of nitro groups is 1. The molecule has 0 aliphatic rings. The van der Waals surface area contributed by atoms with E-state index in [1.807, 2.05) is 13.0 Å². The Balaban J connectivity index is 1.78. The Labute approximate surface area is 212 Å². The molecule has 0 spiro atoms. The molecular formula is C27H25N5O5. The van der Waals surface area contributed by atoms with Crippen LogP contribution in [0.1, 0.15) is 24.5 Å². The molecule has 0 aliphatic heterocycles. The lowest BCUT2D eigenvalue weighted by atomic mass is 10.1. The number of aromatic nitrogens is 2. The lowest BCUT2D eigenvalue weighted by Crippen LogP contribution is -2.30. The normalized spacial score (nSPS) is 10.8. The first-order chi connectivity index (χ1) is 17.7. The van der Waals surface area contributed by atoms with Crippen LogP contribution in [0.5, 0.6) is 0 Å². The summed E-state index contributed by atoms with van der Waals surface area (Å²) in [5.74, 6) is -0.746. The van der Waals surface area contributed by atoms with Gasteiger partial charge < -0.3 is 10.6 Å². The lowest BCUT2D eigenvalue weighted by Gasteiger charge is -2.15. The van der Waals surface area contributed by atoms with E-state index in [4.69, 9.17) is 0 Å². The number of aryl methyl sites for hydroxylation is 2. The Hall–Kier alpha value is -4.86. The number of nitrogens with zero attached hydrogens (tertiary/aromatic N) is 3. The van der Waals surface area contributed by atoms with Crippen LogP contribution in [0.25, 0.3) is 22.3 Å². The van der Waals surface area contributed by atoms with Crippen molar-refractivity contribution in [3.05, 3.63) is 92.3 Å². The summed E-state index contributed by atoms with van der Waals surface area (Å²) in [5, 5.41) is 16.7. The molecule has 0 aliphatic carbocycles. The maximum absolute atomic E-state index is 13.7. The van der Waals surface area contributed by atoms with Gasteiger partial charge in [-0.1, -0.05) is 36.8 Å². The fourth-order valence-electron chi connectivity index (χ4n) is 3.95. The number of carbonyl (C=O) groups is 2. The molecule has 1 aromatic heterocycles. The highest BCUT2D eigenvalue weighted by atomic mass is 16.6. The van der Waals surface area contributed by atoms with Crippen LogP contribution in [0.4, 0.5) is 17.1 Å². The van der Waals surface area contributed by atoms with Crippen molar-refractivity contribution in [2.45, 2.75) is 33.7 Å². The highest BCUT2D eigenvalue weighted by molar-refractivity contribution is 5.96. The third-order valence-corrected chi connectivity index (χ3v) is 5.87. The quantitative estimate of drug-likeness (QED) is 0.282. The van der Waals surface area contributed by atoms with Crippen LogP contribution in [0.3, 0.4) is 0 Å². The summed E-state index contributed by atoms with van der Waals surface area (Å²) in [7, 11) is 0. The average molecular weight is 500 g/mol. The zero-order chi connectivity index (χ0) is 26.7. The van der Waals surface area contributed by atoms with Gasteiger partial charge in [-0.25, -0.2) is 4.98 Å². The van der Waals surface area contributed by atoms with Crippen molar-refractivity contribution >= 4 is 39.9 Å². The molecule has 1 heterocycles. The third kappa shape index (κ3) is 5.37. The van der Waals surface area contributed by atoms with E-state index in [0.717, 1.165) is 5.56 Å². The van der Waals surface area contributed by atoms with E-state index in [2.05, 4.69) is 15.6 Å². The summed E-state index contributed by atoms with van der Waals surface area (Å²) in [5.41, 5.74) is 2.87. The van der Waals surface area contributed by atoms with Crippen molar-refractivity contribution in [3.8, 4) is 11.3 Å². The second kappa shape index (κ2) is 10.4. The summed E-state index contributed by atoms with van der Waals surface area (Å²) >= 11 is 0. The van der Waals surface area contributed by atoms with Gasteiger partial charge in [-0.05, 0) is 44.2 Å². The number of hydrogen-bond acceptors (Lipinski definition) is 6. The van der Waals surface area contributed by atoms with Gasteiger partial charge in [0, 0.05) is 29.3 Å². The molecule has 0 radical (unpaired) electrons. The molecular weight excluding hydrogens is 474 g/mol. The van der Waals surface area contributed by atoms with Gasteiger partial charge in [0.2, 0.25) is 11.8 Å². The zero-order valence-electron chi connectivity index (χ0n) is 20.6. The third-order valence-electron chi connectivity index (χ3n) is 5.87. The van der Waals surface area contributed by atoms with Gasteiger partial charge in [0.1, 0.15) is 12.2 Å². The van der Waals surface area contributed by atoms with Crippen LogP contribution in [-0.2, 0) is 16.1 Å². The summed E-state index contributed by atoms with van der Waals surface area (Å²) in [6.07, 6.45) is 0.264. The van der Waals surface area contributed by atoms with E-state index in [9.17, 15) is 24.5 Å². The van der Waals surface area contributed by atoms with Crippen molar-refractivity contribution in [2.75, 3.05) is 10.6 Å². The first-order valence-corrected chi connectivity index (χ1v) is 11.6. The summed E-state index contributed by atoms with van der Waals surface area (Å²) in [6.45, 7) is 4.85. The molecule has 4 rings (SSSR count). The Morgan fingerprint density at radius 2 is 1.76 bits per heavy atom.